The van der Waals surface area contributed by atoms with Crippen LogP contribution < -0.4 is 0 Å². The zero-order chi connectivity index (χ0) is 13.6. The van der Waals surface area contributed by atoms with E-state index in [2.05, 4.69) is 31.9 Å². The standard InChI is InChI=1S/C14H6Br2O3/c15-11-6-7(19-14(11)16)5-10-12(17)8-3-1-2-4-9(8)13(10)18/h1-6H. The molecule has 0 saturated carbocycles. The number of hydrogen-bond donors (Lipinski definition) is 0. The van der Waals surface area contributed by atoms with E-state index in [4.69, 9.17) is 4.42 Å². The number of fused-ring (bicyclic) bond motifs is 1. The van der Waals surface area contributed by atoms with Gasteiger partial charge in [0, 0.05) is 11.1 Å². The van der Waals surface area contributed by atoms with Crippen LogP contribution in [0, 0.1) is 0 Å². The second-order valence-corrected chi connectivity index (χ2v) is 5.61. The average Bonchev–Trinajstić information content (AvgIpc) is 2.84. The van der Waals surface area contributed by atoms with Crippen LogP contribution in [0.15, 0.2) is 49.5 Å². The number of Topliss-reactive ketones (excluding diaryl/α,β-unsaturated/α-hetero) is 2. The number of carbonyl (C=O) groups excluding carboxylic acids is 2. The SMILES string of the molecule is O=C1C(=Cc2cc(Br)c(Br)o2)C(=O)c2ccccc21. The van der Waals surface area contributed by atoms with Crippen molar-refractivity contribution in [2.24, 2.45) is 0 Å². The third-order valence-corrected chi connectivity index (χ3v) is 4.57. The molecule has 0 saturated heterocycles. The molecule has 3 rings (SSSR count). The summed E-state index contributed by atoms with van der Waals surface area (Å²) in [5, 5.41) is 0. The normalized spacial score (nSPS) is 13.9. The molecule has 1 heterocycles. The van der Waals surface area contributed by atoms with Crippen LogP contribution in [-0.2, 0) is 0 Å². The Morgan fingerprint density at radius 2 is 1.58 bits per heavy atom. The number of benzene rings is 1. The van der Waals surface area contributed by atoms with Gasteiger partial charge in [-0.05, 0) is 44.0 Å². The molecule has 1 aromatic carbocycles. The van der Waals surface area contributed by atoms with Gasteiger partial charge in [0.25, 0.3) is 0 Å². The molecule has 0 amide bonds. The van der Waals surface area contributed by atoms with E-state index >= 15 is 0 Å². The summed E-state index contributed by atoms with van der Waals surface area (Å²) < 4.78 is 6.61. The van der Waals surface area contributed by atoms with Gasteiger partial charge in [0.1, 0.15) is 5.76 Å². The number of halogens is 2. The Balaban J connectivity index is 2.09. The van der Waals surface area contributed by atoms with Crippen molar-refractivity contribution in [1.82, 2.24) is 0 Å². The predicted octanol–water partition coefficient (Wildman–Crippen LogP) is 4.27. The van der Waals surface area contributed by atoms with Gasteiger partial charge in [0.15, 0.2) is 16.2 Å². The van der Waals surface area contributed by atoms with Crippen LogP contribution in [0.1, 0.15) is 26.5 Å². The Morgan fingerprint density at radius 1 is 1.00 bits per heavy atom. The minimum Gasteiger partial charge on any atom is -0.449 e. The van der Waals surface area contributed by atoms with Crippen LogP contribution in [0.4, 0.5) is 0 Å². The van der Waals surface area contributed by atoms with Crippen LogP contribution in [0.3, 0.4) is 0 Å². The molecule has 2 aromatic rings. The van der Waals surface area contributed by atoms with Gasteiger partial charge in [-0.3, -0.25) is 9.59 Å². The molecule has 0 atom stereocenters. The summed E-state index contributed by atoms with van der Waals surface area (Å²) in [5.41, 5.74) is 1.03. The molecular formula is C14H6Br2O3. The van der Waals surface area contributed by atoms with E-state index in [1.807, 2.05) is 0 Å². The maximum Gasteiger partial charge on any atom is 0.197 e. The second-order valence-electron chi connectivity index (χ2n) is 4.03. The Bertz CT molecular complexity index is 684. The highest BCUT2D eigenvalue weighted by molar-refractivity contribution is 9.13. The highest BCUT2D eigenvalue weighted by atomic mass is 79.9. The topological polar surface area (TPSA) is 47.3 Å². The first-order chi connectivity index (χ1) is 9.08. The Hall–Kier alpha value is -1.46. The van der Waals surface area contributed by atoms with Crippen molar-refractivity contribution in [3.63, 3.8) is 0 Å². The fraction of sp³-hybridized carbons (Fsp3) is 0. The molecule has 3 nitrogen and oxygen atoms in total. The molecule has 19 heavy (non-hydrogen) atoms. The fourth-order valence-corrected chi connectivity index (χ4v) is 2.59. The largest absolute Gasteiger partial charge is 0.449 e. The van der Waals surface area contributed by atoms with Gasteiger partial charge in [0.05, 0.1) is 10.0 Å². The van der Waals surface area contributed by atoms with E-state index < -0.39 is 0 Å². The molecule has 1 aliphatic carbocycles. The number of allylic oxidation sites excluding steroid dienone is 1. The molecule has 0 radical (unpaired) electrons. The summed E-state index contributed by atoms with van der Waals surface area (Å²) in [6.45, 7) is 0. The van der Waals surface area contributed by atoms with Crippen LogP contribution >= 0.6 is 31.9 Å². The lowest BCUT2D eigenvalue weighted by Gasteiger charge is -1.91. The maximum atomic E-state index is 12.1. The Morgan fingerprint density at radius 3 is 2.05 bits per heavy atom. The summed E-state index contributed by atoms with van der Waals surface area (Å²) in [4.78, 5) is 24.3. The molecule has 0 fully saturated rings. The Labute approximate surface area is 125 Å². The van der Waals surface area contributed by atoms with Gasteiger partial charge < -0.3 is 4.42 Å². The zero-order valence-corrected chi connectivity index (χ0v) is 12.6. The average molecular weight is 382 g/mol. The minimum atomic E-state index is -0.260. The lowest BCUT2D eigenvalue weighted by Crippen LogP contribution is -1.99. The van der Waals surface area contributed by atoms with Crippen molar-refractivity contribution in [1.29, 1.82) is 0 Å². The highest BCUT2D eigenvalue weighted by Gasteiger charge is 2.32. The van der Waals surface area contributed by atoms with E-state index in [1.165, 1.54) is 6.08 Å². The van der Waals surface area contributed by atoms with E-state index in [0.717, 1.165) is 4.47 Å². The second kappa shape index (κ2) is 4.58. The summed E-state index contributed by atoms with van der Waals surface area (Å²) >= 11 is 6.50. The highest BCUT2D eigenvalue weighted by Crippen LogP contribution is 2.31. The quantitative estimate of drug-likeness (QED) is 0.547. The van der Waals surface area contributed by atoms with E-state index in [9.17, 15) is 9.59 Å². The zero-order valence-electron chi connectivity index (χ0n) is 9.44. The third-order valence-electron chi connectivity index (χ3n) is 2.86. The fourth-order valence-electron chi connectivity index (χ4n) is 1.98. The molecule has 1 aromatic heterocycles. The number of furan rings is 1. The van der Waals surface area contributed by atoms with E-state index in [1.54, 1.807) is 30.3 Å². The first-order valence-electron chi connectivity index (χ1n) is 5.43. The van der Waals surface area contributed by atoms with Crippen molar-refractivity contribution in [2.45, 2.75) is 0 Å². The third kappa shape index (κ3) is 2.03. The molecule has 0 spiro atoms. The van der Waals surface area contributed by atoms with Crippen molar-refractivity contribution in [2.75, 3.05) is 0 Å². The number of carbonyl (C=O) groups is 2. The summed E-state index contributed by atoms with van der Waals surface area (Å²) in [5.74, 6) is -0.0725. The van der Waals surface area contributed by atoms with Gasteiger partial charge in [-0.2, -0.15) is 0 Å². The number of ketones is 2. The molecule has 0 N–H and O–H groups in total. The van der Waals surface area contributed by atoms with Crippen LogP contribution in [0.5, 0.6) is 0 Å². The van der Waals surface area contributed by atoms with E-state index in [0.29, 0.717) is 21.6 Å². The number of rotatable bonds is 1. The van der Waals surface area contributed by atoms with Crippen molar-refractivity contribution in [3.8, 4) is 0 Å². The molecular weight excluding hydrogens is 376 g/mol. The van der Waals surface area contributed by atoms with Gasteiger partial charge in [-0.1, -0.05) is 24.3 Å². The Kier molecular flexibility index (Phi) is 3.03. The van der Waals surface area contributed by atoms with Crippen LogP contribution in [-0.4, -0.2) is 11.6 Å². The first-order valence-corrected chi connectivity index (χ1v) is 7.01. The lowest BCUT2D eigenvalue weighted by molar-refractivity contribution is 0.0990. The van der Waals surface area contributed by atoms with Gasteiger partial charge in [-0.15, -0.1) is 0 Å². The molecule has 94 valence electrons. The summed E-state index contributed by atoms with van der Waals surface area (Å²) in [6, 6.07) is 8.50. The summed E-state index contributed by atoms with van der Waals surface area (Å²) in [6.07, 6.45) is 1.47. The van der Waals surface area contributed by atoms with Gasteiger partial charge in [0.2, 0.25) is 0 Å². The summed E-state index contributed by atoms with van der Waals surface area (Å²) in [7, 11) is 0. The predicted molar refractivity (Wildman–Crippen MR) is 77.2 cm³/mol. The lowest BCUT2D eigenvalue weighted by atomic mass is 10.1. The maximum absolute atomic E-state index is 12.1. The monoisotopic (exact) mass is 380 g/mol. The van der Waals surface area contributed by atoms with Crippen molar-refractivity contribution >= 4 is 49.5 Å². The molecule has 5 heteroatoms. The molecule has 0 bridgehead atoms. The van der Waals surface area contributed by atoms with Crippen LogP contribution in [0.2, 0.25) is 0 Å². The molecule has 0 unspecified atom stereocenters. The molecule has 1 aliphatic rings. The minimum absolute atomic E-state index is 0.134. The van der Waals surface area contributed by atoms with Crippen molar-refractivity contribution in [3.05, 3.63) is 61.9 Å². The van der Waals surface area contributed by atoms with E-state index in [-0.39, 0.29) is 17.1 Å². The van der Waals surface area contributed by atoms with Gasteiger partial charge in [-0.25, -0.2) is 0 Å². The van der Waals surface area contributed by atoms with Gasteiger partial charge >= 0.3 is 0 Å². The first kappa shape index (κ1) is 12.6. The van der Waals surface area contributed by atoms with Crippen LogP contribution in [0.25, 0.3) is 6.08 Å². The number of hydrogen-bond acceptors (Lipinski definition) is 3. The smallest absolute Gasteiger partial charge is 0.197 e. The van der Waals surface area contributed by atoms with Crippen molar-refractivity contribution < 1.29 is 14.0 Å². The molecule has 0 aliphatic heterocycles.